The van der Waals surface area contributed by atoms with E-state index in [2.05, 4.69) is 14.9 Å². The third-order valence-corrected chi connectivity index (χ3v) is 4.57. The van der Waals surface area contributed by atoms with Crippen molar-refractivity contribution in [3.8, 4) is 11.5 Å². The third-order valence-electron chi connectivity index (χ3n) is 3.60. The molecule has 0 saturated carbocycles. The molecular weight excluding hydrogens is 302 g/mol. The normalized spacial score (nSPS) is 18.8. The number of thioether (sulfide) groups is 1. The predicted molar refractivity (Wildman–Crippen MR) is 81.2 cm³/mol. The summed E-state index contributed by atoms with van der Waals surface area (Å²) in [6.45, 7) is 1.61. The molecule has 22 heavy (non-hydrogen) atoms. The number of aromatic nitrogens is 2. The Bertz CT molecular complexity index is 694. The van der Waals surface area contributed by atoms with Gasteiger partial charge in [-0.25, -0.2) is 4.98 Å². The number of imidazole rings is 1. The van der Waals surface area contributed by atoms with E-state index in [1.54, 1.807) is 17.8 Å². The second-order valence-corrected chi connectivity index (χ2v) is 6.20. The topological polar surface area (TPSA) is 65.4 Å². The van der Waals surface area contributed by atoms with E-state index >= 15 is 0 Å². The molecule has 0 unspecified atom stereocenters. The van der Waals surface area contributed by atoms with Gasteiger partial charge in [0.1, 0.15) is 6.61 Å². The van der Waals surface area contributed by atoms with Crippen LogP contribution in [-0.2, 0) is 17.9 Å². The van der Waals surface area contributed by atoms with Crippen LogP contribution in [0.4, 0.5) is 0 Å². The minimum Gasteiger partial charge on any atom is -0.485 e. The smallest absolute Gasteiger partial charge is 0.265 e. The molecule has 7 heteroatoms. The van der Waals surface area contributed by atoms with Gasteiger partial charge in [-0.15, -0.1) is 0 Å². The Morgan fingerprint density at radius 3 is 3.14 bits per heavy atom. The Morgan fingerprint density at radius 2 is 2.27 bits per heavy atom. The van der Waals surface area contributed by atoms with Gasteiger partial charge in [0.05, 0.1) is 12.2 Å². The van der Waals surface area contributed by atoms with Crippen LogP contribution in [0.3, 0.4) is 0 Å². The lowest BCUT2D eigenvalue weighted by molar-refractivity contribution is -0.130. The summed E-state index contributed by atoms with van der Waals surface area (Å²) in [6.07, 6.45) is 1.36. The lowest BCUT2D eigenvalue weighted by Crippen LogP contribution is -2.43. The van der Waals surface area contributed by atoms with Gasteiger partial charge in [0.2, 0.25) is 6.10 Å². The lowest BCUT2D eigenvalue weighted by Gasteiger charge is -2.25. The third kappa shape index (κ3) is 2.52. The quantitative estimate of drug-likeness (QED) is 0.928. The van der Waals surface area contributed by atoms with Gasteiger partial charge in [-0.2, -0.15) is 0 Å². The molecule has 2 aliphatic rings. The number of benzene rings is 1. The number of rotatable bonds is 3. The Labute approximate surface area is 131 Å². The van der Waals surface area contributed by atoms with Gasteiger partial charge in [0.25, 0.3) is 5.91 Å². The molecule has 2 aliphatic heterocycles. The minimum atomic E-state index is -0.626. The van der Waals surface area contributed by atoms with Crippen molar-refractivity contribution in [2.75, 3.05) is 12.4 Å². The highest BCUT2D eigenvalue weighted by Gasteiger charge is 2.27. The molecule has 3 heterocycles. The largest absolute Gasteiger partial charge is 0.485 e. The number of carbonyl (C=O) groups excluding carboxylic acids is 1. The summed E-state index contributed by atoms with van der Waals surface area (Å²) < 4.78 is 13.3. The number of hydrogen-bond acceptors (Lipinski definition) is 5. The molecule has 0 bridgehead atoms. The van der Waals surface area contributed by atoms with Crippen LogP contribution in [0, 0.1) is 0 Å². The monoisotopic (exact) mass is 317 g/mol. The number of hydrogen-bond donors (Lipinski definition) is 1. The zero-order valence-corrected chi connectivity index (χ0v) is 12.6. The summed E-state index contributed by atoms with van der Waals surface area (Å²) in [6, 6.07) is 7.35. The number of carbonyl (C=O) groups is 1. The molecule has 1 N–H and O–H groups in total. The maximum absolute atomic E-state index is 12.2. The molecule has 1 aromatic heterocycles. The van der Waals surface area contributed by atoms with E-state index in [9.17, 15) is 4.79 Å². The Hall–Kier alpha value is -2.15. The first-order chi connectivity index (χ1) is 10.8. The highest BCUT2D eigenvalue weighted by atomic mass is 32.2. The fourth-order valence-electron chi connectivity index (χ4n) is 2.49. The zero-order chi connectivity index (χ0) is 14.9. The van der Waals surface area contributed by atoms with Gasteiger partial charge in [-0.05, 0) is 12.1 Å². The predicted octanol–water partition coefficient (Wildman–Crippen LogP) is 1.44. The number of amides is 1. The lowest BCUT2D eigenvalue weighted by atomic mass is 10.2. The van der Waals surface area contributed by atoms with Crippen LogP contribution >= 0.6 is 11.8 Å². The number of aryl methyl sites for hydroxylation is 1. The summed E-state index contributed by atoms with van der Waals surface area (Å²) in [4.78, 5) is 16.7. The van der Waals surface area contributed by atoms with Crippen LogP contribution in [0.25, 0.3) is 0 Å². The number of ether oxygens (including phenoxy) is 2. The van der Waals surface area contributed by atoms with E-state index in [0.717, 1.165) is 23.1 Å². The van der Waals surface area contributed by atoms with Crippen LogP contribution in [0.15, 0.2) is 35.6 Å². The Balaban J connectivity index is 1.36. The maximum atomic E-state index is 12.2. The van der Waals surface area contributed by atoms with Crippen LogP contribution in [0.2, 0.25) is 0 Å². The molecule has 114 valence electrons. The van der Waals surface area contributed by atoms with Crippen LogP contribution in [-0.4, -0.2) is 33.9 Å². The van der Waals surface area contributed by atoms with Crippen molar-refractivity contribution in [3.63, 3.8) is 0 Å². The van der Waals surface area contributed by atoms with Crippen molar-refractivity contribution in [1.82, 2.24) is 14.9 Å². The number of fused-ring (bicyclic) bond motifs is 2. The highest BCUT2D eigenvalue weighted by molar-refractivity contribution is 7.99. The fraction of sp³-hybridized carbons (Fsp3) is 0.333. The highest BCUT2D eigenvalue weighted by Crippen LogP contribution is 2.30. The first kappa shape index (κ1) is 13.5. The van der Waals surface area contributed by atoms with E-state index in [-0.39, 0.29) is 12.5 Å². The SMILES string of the molecule is O=C(NCc1cn2c(n1)SCC2)[C@H]1COc2ccccc2O1. The summed E-state index contributed by atoms with van der Waals surface area (Å²) in [5.41, 5.74) is 0.868. The van der Waals surface area contributed by atoms with Gasteiger partial charge in [0, 0.05) is 18.5 Å². The molecule has 4 rings (SSSR count). The van der Waals surface area contributed by atoms with Crippen LogP contribution in [0.1, 0.15) is 5.69 Å². The first-order valence-corrected chi connectivity index (χ1v) is 8.13. The molecule has 2 aromatic rings. The molecule has 0 saturated heterocycles. The average Bonchev–Trinajstić information content (AvgIpc) is 3.13. The summed E-state index contributed by atoms with van der Waals surface area (Å²) >= 11 is 1.74. The molecular formula is C15H15N3O3S. The maximum Gasteiger partial charge on any atom is 0.265 e. The van der Waals surface area contributed by atoms with Crippen molar-refractivity contribution in [2.24, 2.45) is 0 Å². The number of nitrogens with one attached hydrogen (secondary N) is 1. The summed E-state index contributed by atoms with van der Waals surface area (Å²) in [5.74, 6) is 2.16. The molecule has 6 nitrogen and oxygen atoms in total. The standard InChI is InChI=1S/C15H15N3O3S/c19-14(13-9-20-11-3-1-2-4-12(11)21-13)16-7-10-8-18-5-6-22-15(18)17-10/h1-4,8,13H,5-7,9H2,(H,16,19)/t13-/m1/s1. The molecule has 0 radical (unpaired) electrons. The average molecular weight is 317 g/mol. The van der Waals surface area contributed by atoms with Crippen molar-refractivity contribution in [1.29, 1.82) is 0 Å². The van der Waals surface area contributed by atoms with E-state index in [4.69, 9.17) is 9.47 Å². The van der Waals surface area contributed by atoms with Gasteiger partial charge < -0.3 is 19.4 Å². The van der Waals surface area contributed by atoms with E-state index in [1.807, 2.05) is 24.4 Å². The number of nitrogens with zero attached hydrogens (tertiary/aromatic N) is 2. The molecule has 0 spiro atoms. The molecule has 0 aliphatic carbocycles. The van der Waals surface area contributed by atoms with E-state index < -0.39 is 6.10 Å². The molecule has 0 fully saturated rings. The minimum absolute atomic E-state index is 0.185. The second kappa shape index (κ2) is 5.57. The van der Waals surface area contributed by atoms with E-state index in [0.29, 0.717) is 18.0 Å². The molecule has 1 aromatic carbocycles. The van der Waals surface area contributed by atoms with Crippen molar-refractivity contribution in [2.45, 2.75) is 24.3 Å². The fourth-order valence-corrected chi connectivity index (χ4v) is 3.45. The van der Waals surface area contributed by atoms with Gasteiger partial charge in [-0.1, -0.05) is 23.9 Å². The van der Waals surface area contributed by atoms with Gasteiger partial charge >= 0.3 is 0 Å². The second-order valence-electron chi connectivity index (χ2n) is 5.14. The van der Waals surface area contributed by atoms with Crippen molar-refractivity contribution >= 4 is 17.7 Å². The Morgan fingerprint density at radius 1 is 1.41 bits per heavy atom. The Kier molecular flexibility index (Phi) is 3.42. The van der Waals surface area contributed by atoms with Crippen molar-refractivity contribution < 1.29 is 14.3 Å². The van der Waals surface area contributed by atoms with Gasteiger partial charge in [0.15, 0.2) is 16.7 Å². The zero-order valence-electron chi connectivity index (χ0n) is 11.8. The van der Waals surface area contributed by atoms with Crippen LogP contribution in [0.5, 0.6) is 11.5 Å². The molecule has 1 atom stereocenters. The van der Waals surface area contributed by atoms with Crippen LogP contribution < -0.4 is 14.8 Å². The summed E-state index contributed by atoms with van der Waals surface area (Å²) in [5, 5.41) is 3.88. The first-order valence-electron chi connectivity index (χ1n) is 7.14. The summed E-state index contributed by atoms with van der Waals surface area (Å²) in [7, 11) is 0. The van der Waals surface area contributed by atoms with Crippen molar-refractivity contribution in [3.05, 3.63) is 36.2 Å². The number of para-hydroxylation sites is 2. The van der Waals surface area contributed by atoms with E-state index in [1.165, 1.54) is 0 Å². The molecule has 1 amide bonds. The van der Waals surface area contributed by atoms with Gasteiger partial charge in [-0.3, -0.25) is 4.79 Å².